The minimum absolute atomic E-state index is 0.0373. The van der Waals surface area contributed by atoms with E-state index in [2.05, 4.69) is 0 Å². The summed E-state index contributed by atoms with van der Waals surface area (Å²) in [6.45, 7) is 3.97. The number of rotatable bonds is 5. The number of amides is 1. The molecule has 1 amide bonds. The van der Waals surface area contributed by atoms with Gasteiger partial charge in [0.25, 0.3) is 5.91 Å². The molecule has 0 saturated carbocycles. The number of ether oxygens (including phenoxy) is 3. The van der Waals surface area contributed by atoms with Gasteiger partial charge in [0.1, 0.15) is 0 Å². The quantitative estimate of drug-likeness (QED) is 0.877. The summed E-state index contributed by atoms with van der Waals surface area (Å²) in [6.07, 6.45) is -0.581. The Kier molecular flexibility index (Phi) is 5.41. The number of methoxy groups -OCH3 is 1. The minimum Gasteiger partial charge on any atom is -0.493 e. The van der Waals surface area contributed by atoms with Crippen LogP contribution in [-0.2, 0) is 9.53 Å². The summed E-state index contributed by atoms with van der Waals surface area (Å²) in [5.74, 6) is 0.923. The van der Waals surface area contributed by atoms with E-state index >= 15 is 0 Å². The molecule has 1 heterocycles. The average Bonchev–Trinajstić information content (AvgIpc) is 2.53. The summed E-state index contributed by atoms with van der Waals surface area (Å²) in [5, 5.41) is 9.55. The van der Waals surface area contributed by atoms with E-state index in [0.717, 1.165) is 5.56 Å². The number of aliphatic hydroxyl groups is 1. The highest BCUT2D eigenvalue weighted by atomic mass is 16.5. The molecule has 6 heteroatoms. The van der Waals surface area contributed by atoms with Crippen LogP contribution in [0.15, 0.2) is 18.2 Å². The van der Waals surface area contributed by atoms with Gasteiger partial charge in [0.05, 0.1) is 26.4 Å². The van der Waals surface area contributed by atoms with Crippen molar-refractivity contribution in [3.8, 4) is 11.5 Å². The molecule has 1 N–H and O–H groups in total. The molecular formula is C15H21NO5. The van der Waals surface area contributed by atoms with Crippen LogP contribution in [0.1, 0.15) is 18.6 Å². The van der Waals surface area contributed by atoms with Crippen molar-refractivity contribution in [3.63, 3.8) is 0 Å². The Hall–Kier alpha value is -1.79. The molecule has 1 unspecified atom stereocenters. The molecule has 0 bridgehead atoms. The zero-order valence-corrected chi connectivity index (χ0v) is 12.4. The second kappa shape index (κ2) is 7.28. The molecular weight excluding hydrogens is 274 g/mol. The first-order valence-corrected chi connectivity index (χ1v) is 6.96. The van der Waals surface area contributed by atoms with Crippen LogP contribution in [0.2, 0.25) is 0 Å². The highest BCUT2D eigenvalue weighted by molar-refractivity contribution is 5.78. The number of benzene rings is 1. The van der Waals surface area contributed by atoms with Gasteiger partial charge in [-0.3, -0.25) is 4.79 Å². The third-order valence-corrected chi connectivity index (χ3v) is 3.39. The van der Waals surface area contributed by atoms with Gasteiger partial charge in [0.2, 0.25) is 0 Å². The van der Waals surface area contributed by atoms with Gasteiger partial charge in [-0.2, -0.15) is 0 Å². The van der Waals surface area contributed by atoms with Crippen LogP contribution < -0.4 is 9.47 Å². The second-order valence-corrected chi connectivity index (χ2v) is 4.87. The van der Waals surface area contributed by atoms with Gasteiger partial charge in [-0.1, -0.05) is 6.07 Å². The number of nitrogens with zero attached hydrogens (tertiary/aromatic N) is 1. The highest BCUT2D eigenvalue weighted by Crippen LogP contribution is 2.30. The van der Waals surface area contributed by atoms with Gasteiger partial charge < -0.3 is 24.2 Å². The van der Waals surface area contributed by atoms with Crippen LogP contribution in [0, 0.1) is 0 Å². The molecule has 2 rings (SSSR count). The first-order valence-electron chi connectivity index (χ1n) is 6.96. The lowest BCUT2D eigenvalue weighted by atomic mass is 10.1. The number of carbonyl (C=O) groups is 1. The van der Waals surface area contributed by atoms with E-state index in [1.165, 1.54) is 7.11 Å². The van der Waals surface area contributed by atoms with Gasteiger partial charge in [0.15, 0.2) is 18.1 Å². The zero-order valence-electron chi connectivity index (χ0n) is 12.4. The standard InChI is InChI=1S/C15H21NO5/c1-11(17)12-3-4-13(14(9-12)19-2)21-10-15(18)16-5-7-20-8-6-16/h3-4,9,11,17H,5-8,10H2,1-2H3. The summed E-state index contributed by atoms with van der Waals surface area (Å²) in [4.78, 5) is 13.7. The first kappa shape index (κ1) is 15.6. The van der Waals surface area contributed by atoms with Crippen molar-refractivity contribution in [2.45, 2.75) is 13.0 Å². The molecule has 6 nitrogen and oxygen atoms in total. The van der Waals surface area contributed by atoms with E-state index in [-0.39, 0.29) is 12.5 Å². The molecule has 0 radical (unpaired) electrons. The zero-order chi connectivity index (χ0) is 15.2. The topological polar surface area (TPSA) is 68.2 Å². The van der Waals surface area contributed by atoms with Crippen molar-refractivity contribution in [2.75, 3.05) is 40.0 Å². The SMILES string of the molecule is COc1cc(C(C)O)ccc1OCC(=O)N1CCOCC1. The summed E-state index contributed by atoms with van der Waals surface area (Å²) < 4.78 is 16.0. The molecule has 1 fully saturated rings. The lowest BCUT2D eigenvalue weighted by molar-refractivity contribution is -0.137. The Labute approximate surface area is 124 Å². The summed E-state index contributed by atoms with van der Waals surface area (Å²) in [6, 6.07) is 5.16. The van der Waals surface area contributed by atoms with Crippen molar-refractivity contribution in [3.05, 3.63) is 23.8 Å². The third-order valence-electron chi connectivity index (χ3n) is 3.39. The fourth-order valence-electron chi connectivity index (χ4n) is 2.11. The first-order chi connectivity index (χ1) is 10.1. The van der Waals surface area contributed by atoms with Gasteiger partial charge in [-0.25, -0.2) is 0 Å². The van der Waals surface area contributed by atoms with Gasteiger partial charge in [-0.05, 0) is 24.6 Å². The minimum atomic E-state index is -0.581. The predicted molar refractivity (Wildman–Crippen MR) is 76.5 cm³/mol. The van der Waals surface area contributed by atoms with E-state index in [0.29, 0.717) is 37.8 Å². The van der Waals surface area contributed by atoms with Crippen LogP contribution in [0.25, 0.3) is 0 Å². The Morgan fingerprint density at radius 1 is 1.38 bits per heavy atom. The molecule has 21 heavy (non-hydrogen) atoms. The molecule has 1 aliphatic heterocycles. The Balaban J connectivity index is 1.97. The molecule has 116 valence electrons. The summed E-state index contributed by atoms with van der Waals surface area (Å²) in [5.41, 5.74) is 0.735. The van der Waals surface area contributed by atoms with Crippen LogP contribution in [-0.4, -0.2) is 55.9 Å². The largest absolute Gasteiger partial charge is 0.493 e. The summed E-state index contributed by atoms with van der Waals surface area (Å²) >= 11 is 0. The number of morpholine rings is 1. The maximum Gasteiger partial charge on any atom is 0.260 e. The van der Waals surface area contributed by atoms with Crippen molar-refractivity contribution in [2.24, 2.45) is 0 Å². The van der Waals surface area contributed by atoms with Crippen molar-refractivity contribution in [1.29, 1.82) is 0 Å². The fraction of sp³-hybridized carbons (Fsp3) is 0.533. The average molecular weight is 295 g/mol. The van der Waals surface area contributed by atoms with E-state index in [9.17, 15) is 9.90 Å². The molecule has 0 aromatic heterocycles. The Morgan fingerprint density at radius 2 is 2.10 bits per heavy atom. The maximum atomic E-state index is 12.0. The lowest BCUT2D eigenvalue weighted by Crippen LogP contribution is -2.43. The smallest absolute Gasteiger partial charge is 0.260 e. The van der Waals surface area contributed by atoms with Crippen LogP contribution in [0.5, 0.6) is 11.5 Å². The number of aliphatic hydroxyl groups excluding tert-OH is 1. The Morgan fingerprint density at radius 3 is 2.71 bits per heavy atom. The molecule has 0 spiro atoms. The maximum absolute atomic E-state index is 12.0. The highest BCUT2D eigenvalue weighted by Gasteiger charge is 2.18. The van der Waals surface area contributed by atoms with Gasteiger partial charge >= 0.3 is 0 Å². The van der Waals surface area contributed by atoms with Crippen LogP contribution >= 0.6 is 0 Å². The lowest BCUT2D eigenvalue weighted by Gasteiger charge is -2.26. The van der Waals surface area contributed by atoms with E-state index in [1.807, 2.05) is 0 Å². The number of carbonyl (C=O) groups excluding carboxylic acids is 1. The van der Waals surface area contributed by atoms with Crippen molar-refractivity contribution >= 4 is 5.91 Å². The summed E-state index contributed by atoms with van der Waals surface area (Å²) in [7, 11) is 1.53. The molecule has 1 aromatic carbocycles. The fourth-order valence-corrected chi connectivity index (χ4v) is 2.11. The van der Waals surface area contributed by atoms with E-state index in [4.69, 9.17) is 14.2 Å². The predicted octanol–water partition coefficient (Wildman–Crippen LogP) is 0.986. The third kappa shape index (κ3) is 4.09. The number of hydrogen-bond donors (Lipinski definition) is 1. The van der Waals surface area contributed by atoms with E-state index < -0.39 is 6.10 Å². The molecule has 1 aliphatic rings. The number of hydrogen-bond acceptors (Lipinski definition) is 5. The monoisotopic (exact) mass is 295 g/mol. The molecule has 1 atom stereocenters. The Bertz CT molecular complexity index is 483. The second-order valence-electron chi connectivity index (χ2n) is 4.87. The molecule has 1 saturated heterocycles. The van der Waals surface area contributed by atoms with Crippen LogP contribution in [0.4, 0.5) is 0 Å². The molecule has 0 aliphatic carbocycles. The van der Waals surface area contributed by atoms with Gasteiger partial charge in [0, 0.05) is 13.1 Å². The van der Waals surface area contributed by atoms with E-state index in [1.54, 1.807) is 30.0 Å². The normalized spacial score (nSPS) is 16.4. The van der Waals surface area contributed by atoms with Crippen LogP contribution in [0.3, 0.4) is 0 Å². The molecule has 1 aromatic rings. The van der Waals surface area contributed by atoms with Crippen molar-refractivity contribution in [1.82, 2.24) is 4.90 Å². The van der Waals surface area contributed by atoms with Gasteiger partial charge in [-0.15, -0.1) is 0 Å². The van der Waals surface area contributed by atoms with Crippen molar-refractivity contribution < 1.29 is 24.1 Å².